The minimum Gasteiger partial charge on any atom is -0.497 e. The molecule has 1 rings (SSSR count). The Kier molecular flexibility index (Phi) is 5.90. The van der Waals surface area contributed by atoms with Crippen LogP contribution < -0.4 is 10.1 Å². The minimum atomic E-state index is -0.183. The van der Waals surface area contributed by atoms with Gasteiger partial charge in [0.1, 0.15) is 5.75 Å². The van der Waals surface area contributed by atoms with Gasteiger partial charge in [0.25, 0.3) is 0 Å². The Labute approximate surface area is 97.4 Å². The maximum atomic E-state index is 9.38. The van der Waals surface area contributed by atoms with Crippen LogP contribution in [0.4, 0.5) is 0 Å². The zero-order valence-electron chi connectivity index (χ0n) is 10.1. The fraction of sp³-hybridized carbons (Fsp3) is 0.538. The first kappa shape index (κ1) is 13.0. The van der Waals surface area contributed by atoms with Crippen molar-refractivity contribution in [2.75, 3.05) is 13.7 Å². The molecule has 1 atom stereocenters. The lowest BCUT2D eigenvalue weighted by molar-refractivity contribution is 0.159. The molecule has 0 saturated carbocycles. The molecule has 1 aromatic rings. The molecule has 2 N–H and O–H groups in total. The SMILES string of the molecule is CCC(O)CCNCc1cccc(OC)c1. The van der Waals surface area contributed by atoms with Crippen molar-refractivity contribution in [2.24, 2.45) is 0 Å². The van der Waals surface area contributed by atoms with Crippen LogP contribution in [0.15, 0.2) is 24.3 Å². The van der Waals surface area contributed by atoms with Crippen molar-refractivity contribution in [3.63, 3.8) is 0 Å². The first-order valence-corrected chi connectivity index (χ1v) is 5.78. The monoisotopic (exact) mass is 223 g/mol. The van der Waals surface area contributed by atoms with E-state index in [2.05, 4.69) is 11.4 Å². The highest BCUT2D eigenvalue weighted by molar-refractivity contribution is 5.28. The molecule has 16 heavy (non-hydrogen) atoms. The molecule has 0 fully saturated rings. The molecule has 0 heterocycles. The number of rotatable bonds is 7. The summed E-state index contributed by atoms with van der Waals surface area (Å²) in [5, 5.41) is 12.7. The van der Waals surface area contributed by atoms with Gasteiger partial charge in [-0.15, -0.1) is 0 Å². The summed E-state index contributed by atoms with van der Waals surface area (Å²) >= 11 is 0. The Hall–Kier alpha value is -1.06. The molecule has 3 heteroatoms. The number of aliphatic hydroxyl groups is 1. The average Bonchev–Trinajstić information content (AvgIpc) is 2.34. The summed E-state index contributed by atoms with van der Waals surface area (Å²) < 4.78 is 5.15. The molecule has 0 amide bonds. The highest BCUT2D eigenvalue weighted by Crippen LogP contribution is 2.12. The molecule has 0 aliphatic rings. The van der Waals surface area contributed by atoms with Gasteiger partial charge < -0.3 is 15.2 Å². The van der Waals surface area contributed by atoms with Crippen molar-refractivity contribution in [2.45, 2.75) is 32.4 Å². The van der Waals surface area contributed by atoms with Gasteiger partial charge in [0.15, 0.2) is 0 Å². The van der Waals surface area contributed by atoms with Crippen molar-refractivity contribution in [1.82, 2.24) is 5.32 Å². The molecule has 0 saturated heterocycles. The van der Waals surface area contributed by atoms with Gasteiger partial charge >= 0.3 is 0 Å². The number of hydrogen-bond donors (Lipinski definition) is 2. The van der Waals surface area contributed by atoms with Crippen LogP contribution in [-0.2, 0) is 6.54 Å². The zero-order chi connectivity index (χ0) is 11.8. The normalized spacial score (nSPS) is 12.4. The summed E-state index contributed by atoms with van der Waals surface area (Å²) in [6.45, 7) is 3.65. The van der Waals surface area contributed by atoms with Gasteiger partial charge in [0.2, 0.25) is 0 Å². The van der Waals surface area contributed by atoms with Gasteiger partial charge in [0.05, 0.1) is 13.2 Å². The van der Waals surface area contributed by atoms with Crippen LogP contribution in [-0.4, -0.2) is 24.9 Å². The second kappa shape index (κ2) is 7.25. The second-order valence-corrected chi connectivity index (χ2v) is 3.88. The van der Waals surface area contributed by atoms with E-state index in [-0.39, 0.29) is 6.10 Å². The van der Waals surface area contributed by atoms with Gasteiger partial charge in [-0.3, -0.25) is 0 Å². The average molecular weight is 223 g/mol. The number of ether oxygens (including phenoxy) is 1. The van der Waals surface area contributed by atoms with E-state index in [0.717, 1.165) is 31.7 Å². The first-order valence-electron chi connectivity index (χ1n) is 5.78. The fourth-order valence-electron chi connectivity index (χ4n) is 1.49. The van der Waals surface area contributed by atoms with Crippen LogP contribution in [0.2, 0.25) is 0 Å². The highest BCUT2D eigenvalue weighted by atomic mass is 16.5. The molecule has 1 aromatic carbocycles. The molecule has 0 aliphatic heterocycles. The van der Waals surface area contributed by atoms with E-state index in [1.54, 1.807) is 7.11 Å². The second-order valence-electron chi connectivity index (χ2n) is 3.88. The molecule has 1 unspecified atom stereocenters. The van der Waals surface area contributed by atoms with Crippen molar-refractivity contribution in [1.29, 1.82) is 0 Å². The Balaban J connectivity index is 2.26. The van der Waals surface area contributed by atoms with Crippen molar-refractivity contribution in [3.8, 4) is 5.75 Å². The highest BCUT2D eigenvalue weighted by Gasteiger charge is 2.00. The third kappa shape index (κ3) is 4.64. The van der Waals surface area contributed by atoms with E-state index in [1.807, 2.05) is 25.1 Å². The summed E-state index contributed by atoms with van der Waals surface area (Å²) in [5.41, 5.74) is 1.20. The predicted octanol–water partition coefficient (Wildman–Crippen LogP) is 1.95. The summed E-state index contributed by atoms with van der Waals surface area (Å²) in [6.07, 6.45) is 1.44. The third-order valence-corrected chi connectivity index (χ3v) is 2.59. The number of benzene rings is 1. The first-order chi connectivity index (χ1) is 7.76. The number of hydrogen-bond acceptors (Lipinski definition) is 3. The van der Waals surface area contributed by atoms with E-state index in [0.29, 0.717) is 0 Å². The Morgan fingerprint density at radius 2 is 2.25 bits per heavy atom. The maximum Gasteiger partial charge on any atom is 0.119 e. The minimum absolute atomic E-state index is 0.183. The third-order valence-electron chi connectivity index (χ3n) is 2.59. The van der Waals surface area contributed by atoms with Crippen molar-refractivity contribution < 1.29 is 9.84 Å². The smallest absolute Gasteiger partial charge is 0.119 e. The van der Waals surface area contributed by atoms with E-state index < -0.39 is 0 Å². The van der Waals surface area contributed by atoms with Gasteiger partial charge in [-0.05, 0) is 37.1 Å². The molecular formula is C13H21NO2. The van der Waals surface area contributed by atoms with Crippen LogP contribution in [0.1, 0.15) is 25.3 Å². The quantitative estimate of drug-likeness (QED) is 0.694. The van der Waals surface area contributed by atoms with Gasteiger partial charge in [-0.25, -0.2) is 0 Å². The van der Waals surface area contributed by atoms with E-state index in [9.17, 15) is 5.11 Å². The number of methoxy groups -OCH3 is 1. The van der Waals surface area contributed by atoms with Gasteiger partial charge in [-0.1, -0.05) is 19.1 Å². The molecule has 0 radical (unpaired) electrons. The molecule has 0 bridgehead atoms. The molecule has 90 valence electrons. The van der Waals surface area contributed by atoms with E-state index in [4.69, 9.17) is 4.74 Å². The number of nitrogens with one attached hydrogen (secondary N) is 1. The van der Waals surface area contributed by atoms with Crippen LogP contribution in [0, 0.1) is 0 Å². The Bertz CT molecular complexity index is 302. The summed E-state index contributed by atoms with van der Waals surface area (Å²) in [7, 11) is 1.67. The molecule has 3 nitrogen and oxygen atoms in total. The van der Waals surface area contributed by atoms with Gasteiger partial charge in [-0.2, -0.15) is 0 Å². The Morgan fingerprint density at radius 3 is 2.94 bits per heavy atom. The fourth-order valence-corrected chi connectivity index (χ4v) is 1.49. The molecule has 0 aromatic heterocycles. The molecule has 0 aliphatic carbocycles. The topological polar surface area (TPSA) is 41.5 Å². The van der Waals surface area contributed by atoms with Gasteiger partial charge in [0, 0.05) is 6.54 Å². The van der Waals surface area contributed by atoms with Crippen molar-refractivity contribution >= 4 is 0 Å². The van der Waals surface area contributed by atoms with Crippen LogP contribution in [0.5, 0.6) is 5.75 Å². The lowest BCUT2D eigenvalue weighted by Gasteiger charge is -2.09. The van der Waals surface area contributed by atoms with Crippen LogP contribution in [0.25, 0.3) is 0 Å². The maximum absolute atomic E-state index is 9.38. The summed E-state index contributed by atoms with van der Waals surface area (Å²) in [6, 6.07) is 8.00. The Morgan fingerprint density at radius 1 is 1.44 bits per heavy atom. The van der Waals surface area contributed by atoms with Crippen molar-refractivity contribution in [3.05, 3.63) is 29.8 Å². The standard InChI is InChI=1S/C13H21NO2/c1-3-12(15)7-8-14-10-11-5-4-6-13(9-11)16-2/h4-6,9,12,14-15H,3,7-8,10H2,1-2H3. The largest absolute Gasteiger partial charge is 0.497 e. The lowest BCUT2D eigenvalue weighted by atomic mass is 10.2. The van der Waals surface area contributed by atoms with E-state index in [1.165, 1.54) is 5.56 Å². The van der Waals surface area contributed by atoms with E-state index >= 15 is 0 Å². The lowest BCUT2D eigenvalue weighted by Crippen LogP contribution is -2.19. The van der Waals surface area contributed by atoms with Crippen LogP contribution >= 0.6 is 0 Å². The number of aliphatic hydroxyl groups excluding tert-OH is 1. The summed E-state index contributed by atoms with van der Waals surface area (Å²) in [5.74, 6) is 0.882. The molecular weight excluding hydrogens is 202 g/mol. The zero-order valence-corrected chi connectivity index (χ0v) is 10.1. The summed E-state index contributed by atoms with van der Waals surface area (Å²) in [4.78, 5) is 0. The van der Waals surface area contributed by atoms with Crippen LogP contribution in [0.3, 0.4) is 0 Å². The molecule has 0 spiro atoms. The predicted molar refractivity (Wildman–Crippen MR) is 65.6 cm³/mol.